The molecule has 7 heteroatoms. The normalized spacial score (nSPS) is 15.3. The molecule has 0 bridgehead atoms. The summed E-state index contributed by atoms with van der Waals surface area (Å²) in [6.07, 6.45) is 2.64. The standard InChI is InChI=1S/C19H30N4O3/c1-3-11-20-18(24)14-23-12-9-16(10-13-23)22-19(25)21-15-5-7-17(8-6-15)26-4-2/h5-8,16H,3-4,9-14H2,1-2H3,(H,20,24)(H2,21,22,25). The van der Waals surface area contributed by atoms with Crippen molar-refractivity contribution in [1.29, 1.82) is 0 Å². The Kier molecular flexibility index (Phi) is 8.21. The zero-order chi connectivity index (χ0) is 18.8. The lowest BCUT2D eigenvalue weighted by Gasteiger charge is -2.31. The number of hydrogen-bond donors (Lipinski definition) is 3. The zero-order valence-electron chi connectivity index (χ0n) is 15.7. The molecule has 1 aliphatic heterocycles. The van der Waals surface area contributed by atoms with E-state index >= 15 is 0 Å². The molecule has 3 amide bonds. The summed E-state index contributed by atoms with van der Waals surface area (Å²) in [6, 6.07) is 7.24. The fourth-order valence-corrected chi connectivity index (χ4v) is 2.91. The van der Waals surface area contributed by atoms with Gasteiger partial charge in [0.2, 0.25) is 5.91 Å². The Morgan fingerprint density at radius 2 is 1.85 bits per heavy atom. The van der Waals surface area contributed by atoms with Crippen LogP contribution in [0.4, 0.5) is 10.5 Å². The third kappa shape index (κ3) is 6.92. The van der Waals surface area contributed by atoms with Crippen LogP contribution in [0, 0.1) is 0 Å². The third-order valence-corrected chi connectivity index (χ3v) is 4.29. The molecule has 0 aromatic heterocycles. The first-order valence-corrected chi connectivity index (χ1v) is 9.40. The summed E-state index contributed by atoms with van der Waals surface area (Å²) in [7, 11) is 0. The van der Waals surface area contributed by atoms with E-state index in [0.717, 1.165) is 50.3 Å². The van der Waals surface area contributed by atoms with Crippen molar-refractivity contribution in [3.8, 4) is 5.75 Å². The number of rotatable bonds is 8. The van der Waals surface area contributed by atoms with Crippen molar-refractivity contribution < 1.29 is 14.3 Å². The number of hydrogen-bond acceptors (Lipinski definition) is 4. The van der Waals surface area contributed by atoms with E-state index in [1.807, 2.05) is 38.1 Å². The van der Waals surface area contributed by atoms with E-state index in [4.69, 9.17) is 4.74 Å². The topological polar surface area (TPSA) is 82.7 Å². The maximum atomic E-state index is 12.1. The van der Waals surface area contributed by atoms with Crippen LogP contribution in [0.1, 0.15) is 33.1 Å². The highest BCUT2D eigenvalue weighted by Crippen LogP contribution is 2.16. The van der Waals surface area contributed by atoms with E-state index in [0.29, 0.717) is 13.2 Å². The zero-order valence-corrected chi connectivity index (χ0v) is 15.7. The average Bonchev–Trinajstić information content (AvgIpc) is 2.63. The van der Waals surface area contributed by atoms with Crippen LogP contribution in [-0.4, -0.2) is 55.7 Å². The van der Waals surface area contributed by atoms with Gasteiger partial charge in [-0.05, 0) is 50.5 Å². The van der Waals surface area contributed by atoms with E-state index < -0.39 is 0 Å². The summed E-state index contributed by atoms with van der Waals surface area (Å²) in [5.41, 5.74) is 0.732. The van der Waals surface area contributed by atoms with Crippen LogP contribution < -0.4 is 20.7 Å². The molecular weight excluding hydrogens is 332 g/mol. The molecule has 1 fully saturated rings. The average molecular weight is 362 g/mol. The quantitative estimate of drug-likeness (QED) is 0.662. The van der Waals surface area contributed by atoms with Gasteiger partial charge in [0.05, 0.1) is 13.2 Å². The van der Waals surface area contributed by atoms with Crippen LogP contribution in [0.25, 0.3) is 0 Å². The Labute approximate surface area is 155 Å². The van der Waals surface area contributed by atoms with Gasteiger partial charge < -0.3 is 20.7 Å². The van der Waals surface area contributed by atoms with Gasteiger partial charge in [-0.1, -0.05) is 6.92 Å². The van der Waals surface area contributed by atoms with Gasteiger partial charge in [-0.25, -0.2) is 4.79 Å². The van der Waals surface area contributed by atoms with Gasteiger partial charge >= 0.3 is 6.03 Å². The molecule has 0 radical (unpaired) electrons. The monoisotopic (exact) mass is 362 g/mol. The van der Waals surface area contributed by atoms with E-state index in [-0.39, 0.29) is 18.0 Å². The fourth-order valence-electron chi connectivity index (χ4n) is 2.91. The van der Waals surface area contributed by atoms with Crippen LogP contribution in [0.2, 0.25) is 0 Å². The molecular formula is C19H30N4O3. The first-order valence-electron chi connectivity index (χ1n) is 9.40. The first-order chi connectivity index (χ1) is 12.6. The number of piperidine rings is 1. The molecule has 3 N–H and O–H groups in total. The van der Waals surface area contributed by atoms with Gasteiger partial charge in [0, 0.05) is 31.4 Å². The molecule has 1 aromatic carbocycles. The van der Waals surface area contributed by atoms with E-state index in [1.165, 1.54) is 0 Å². The molecule has 1 heterocycles. The predicted molar refractivity (Wildman–Crippen MR) is 103 cm³/mol. The lowest BCUT2D eigenvalue weighted by Crippen LogP contribution is -2.48. The molecule has 1 aliphatic rings. The van der Waals surface area contributed by atoms with Crippen LogP contribution in [0.5, 0.6) is 5.75 Å². The van der Waals surface area contributed by atoms with Gasteiger partial charge in [-0.15, -0.1) is 0 Å². The minimum atomic E-state index is -0.201. The lowest BCUT2D eigenvalue weighted by molar-refractivity contribution is -0.122. The molecule has 144 valence electrons. The number of carbonyl (C=O) groups excluding carboxylic acids is 2. The summed E-state index contributed by atoms with van der Waals surface area (Å²) in [5.74, 6) is 0.861. The minimum Gasteiger partial charge on any atom is -0.494 e. The van der Waals surface area contributed by atoms with Gasteiger partial charge in [0.25, 0.3) is 0 Å². The van der Waals surface area contributed by atoms with Gasteiger partial charge in [0.15, 0.2) is 0 Å². The number of amides is 3. The Bertz CT molecular complexity index is 569. The molecule has 0 aliphatic carbocycles. The predicted octanol–water partition coefficient (Wildman–Crippen LogP) is 2.20. The molecule has 0 saturated carbocycles. The van der Waals surface area contributed by atoms with E-state index in [2.05, 4.69) is 20.9 Å². The number of nitrogens with zero attached hydrogens (tertiary/aromatic N) is 1. The molecule has 2 rings (SSSR count). The largest absolute Gasteiger partial charge is 0.494 e. The van der Waals surface area contributed by atoms with E-state index in [1.54, 1.807) is 0 Å². The second-order valence-electron chi connectivity index (χ2n) is 6.46. The summed E-state index contributed by atoms with van der Waals surface area (Å²) < 4.78 is 5.38. The Morgan fingerprint density at radius 1 is 1.15 bits per heavy atom. The molecule has 0 spiro atoms. The Hall–Kier alpha value is -2.28. The minimum absolute atomic E-state index is 0.0755. The van der Waals surface area contributed by atoms with Crippen molar-refractivity contribution in [2.24, 2.45) is 0 Å². The maximum absolute atomic E-state index is 12.1. The molecule has 0 atom stereocenters. The summed E-state index contributed by atoms with van der Waals surface area (Å²) in [5, 5.41) is 8.74. The van der Waals surface area contributed by atoms with Crippen LogP contribution in [0.3, 0.4) is 0 Å². The number of ether oxygens (including phenoxy) is 1. The first kappa shape index (κ1) is 20.0. The number of anilines is 1. The molecule has 7 nitrogen and oxygen atoms in total. The summed E-state index contributed by atoms with van der Waals surface area (Å²) in [4.78, 5) is 26.0. The van der Waals surface area contributed by atoms with Crippen molar-refractivity contribution >= 4 is 17.6 Å². The van der Waals surface area contributed by atoms with E-state index in [9.17, 15) is 9.59 Å². The number of carbonyl (C=O) groups is 2. The number of nitrogens with one attached hydrogen (secondary N) is 3. The van der Waals surface area contributed by atoms with Crippen LogP contribution in [0.15, 0.2) is 24.3 Å². The second kappa shape index (κ2) is 10.7. The Balaban J connectivity index is 1.68. The van der Waals surface area contributed by atoms with Crippen molar-refractivity contribution in [1.82, 2.24) is 15.5 Å². The highest BCUT2D eigenvalue weighted by molar-refractivity contribution is 5.89. The molecule has 1 aromatic rings. The van der Waals surface area contributed by atoms with Crippen molar-refractivity contribution in [2.75, 3.05) is 38.1 Å². The van der Waals surface area contributed by atoms with Gasteiger partial charge in [-0.3, -0.25) is 9.69 Å². The fraction of sp³-hybridized carbons (Fsp3) is 0.579. The van der Waals surface area contributed by atoms with Crippen LogP contribution >= 0.6 is 0 Å². The number of urea groups is 1. The van der Waals surface area contributed by atoms with Crippen molar-refractivity contribution in [2.45, 2.75) is 39.2 Å². The summed E-state index contributed by atoms with van der Waals surface area (Å²) in [6.45, 7) is 7.37. The number of benzene rings is 1. The maximum Gasteiger partial charge on any atom is 0.319 e. The SMILES string of the molecule is CCCNC(=O)CN1CCC(NC(=O)Nc2ccc(OCC)cc2)CC1. The third-order valence-electron chi connectivity index (χ3n) is 4.29. The van der Waals surface area contributed by atoms with Crippen LogP contribution in [-0.2, 0) is 4.79 Å². The van der Waals surface area contributed by atoms with Crippen molar-refractivity contribution in [3.63, 3.8) is 0 Å². The van der Waals surface area contributed by atoms with Gasteiger partial charge in [-0.2, -0.15) is 0 Å². The second-order valence-corrected chi connectivity index (χ2v) is 6.46. The highest BCUT2D eigenvalue weighted by atomic mass is 16.5. The smallest absolute Gasteiger partial charge is 0.319 e. The molecule has 0 unspecified atom stereocenters. The highest BCUT2D eigenvalue weighted by Gasteiger charge is 2.22. The Morgan fingerprint density at radius 3 is 2.46 bits per heavy atom. The number of likely N-dealkylation sites (tertiary alicyclic amines) is 1. The molecule has 26 heavy (non-hydrogen) atoms. The molecule has 1 saturated heterocycles. The van der Waals surface area contributed by atoms with Crippen molar-refractivity contribution in [3.05, 3.63) is 24.3 Å². The lowest BCUT2D eigenvalue weighted by atomic mass is 10.1. The van der Waals surface area contributed by atoms with Gasteiger partial charge in [0.1, 0.15) is 5.75 Å². The summed E-state index contributed by atoms with van der Waals surface area (Å²) >= 11 is 0.